The number of rotatable bonds is 7. The van der Waals surface area contributed by atoms with Gasteiger partial charge in [0.2, 0.25) is 0 Å². The van der Waals surface area contributed by atoms with Gasteiger partial charge in [-0.15, -0.1) is 35.3 Å². The van der Waals surface area contributed by atoms with Crippen LogP contribution in [-0.4, -0.2) is 43.6 Å². The van der Waals surface area contributed by atoms with Gasteiger partial charge < -0.3 is 19.4 Å². The number of guanidine groups is 1. The minimum absolute atomic E-state index is 0. The first-order valence-corrected chi connectivity index (χ1v) is 8.43. The molecule has 0 saturated carbocycles. The maximum atomic E-state index is 5.33. The molecule has 0 aliphatic carbocycles. The van der Waals surface area contributed by atoms with E-state index in [9.17, 15) is 0 Å². The molecule has 2 heterocycles. The van der Waals surface area contributed by atoms with Crippen molar-refractivity contribution < 1.29 is 9.15 Å². The number of furan rings is 1. The van der Waals surface area contributed by atoms with Crippen molar-refractivity contribution in [3.8, 4) is 0 Å². The Balaban J connectivity index is 0.00000288. The normalized spacial score (nSPS) is 12.6. The number of methoxy groups -OCH3 is 1. The molecule has 0 fully saturated rings. The highest BCUT2D eigenvalue weighted by Crippen LogP contribution is 2.20. The van der Waals surface area contributed by atoms with E-state index in [-0.39, 0.29) is 30.1 Å². The largest absolute Gasteiger partial charge is 0.469 e. The lowest BCUT2D eigenvalue weighted by Crippen LogP contribution is -2.39. The molecule has 1 atom stereocenters. The zero-order chi connectivity index (χ0) is 16.7. The highest BCUT2D eigenvalue weighted by atomic mass is 127. The molecular weight excluding hydrogens is 439 g/mol. The summed E-state index contributed by atoms with van der Waals surface area (Å²) in [7, 11) is 5.48. The van der Waals surface area contributed by atoms with Gasteiger partial charge in [-0.05, 0) is 19.1 Å². The predicted molar refractivity (Wildman–Crippen MR) is 108 cm³/mol. The van der Waals surface area contributed by atoms with E-state index in [1.54, 1.807) is 31.8 Å². The fourth-order valence-corrected chi connectivity index (χ4v) is 2.98. The molecule has 134 valence electrons. The van der Waals surface area contributed by atoms with Crippen molar-refractivity contribution in [2.24, 2.45) is 4.99 Å². The third kappa shape index (κ3) is 6.06. The zero-order valence-electron chi connectivity index (χ0n) is 14.5. The fourth-order valence-electron chi connectivity index (χ4n) is 2.14. The van der Waals surface area contributed by atoms with Gasteiger partial charge in [0, 0.05) is 39.6 Å². The van der Waals surface area contributed by atoms with E-state index in [1.807, 2.05) is 26.1 Å². The average Bonchev–Trinajstić information content (AvgIpc) is 3.22. The van der Waals surface area contributed by atoms with Gasteiger partial charge >= 0.3 is 0 Å². The van der Waals surface area contributed by atoms with Crippen LogP contribution in [0.2, 0.25) is 0 Å². The van der Waals surface area contributed by atoms with Gasteiger partial charge in [-0.1, -0.05) is 0 Å². The summed E-state index contributed by atoms with van der Waals surface area (Å²) in [6.07, 6.45) is 2.55. The van der Waals surface area contributed by atoms with Crippen LogP contribution < -0.4 is 5.32 Å². The Morgan fingerprint density at radius 3 is 2.96 bits per heavy atom. The minimum Gasteiger partial charge on any atom is -0.469 e. The van der Waals surface area contributed by atoms with E-state index < -0.39 is 0 Å². The first kappa shape index (κ1) is 20.9. The van der Waals surface area contributed by atoms with Gasteiger partial charge in [0.05, 0.1) is 18.5 Å². The second-order valence-electron chi connectivity index (χ2n) is 5.21. The van der Waals surface area contributed by atoms with Gasteiger partial charge in [0.15, 0.2) is 5.96 Å². The Labute approximate surface area is 164 Å². The second-order valence-corrected chi connectivity index (χ2v) is 6.10. The number of halogens is 1. The summed E-state index contributed by atoms with van der Waals surface area (Å²) in [4.78, 5) is 11.0. The van der Waals surface area contributed by atoms with E-state index in [0.29, 0.717) is 6.54 Å². The van der Waals surface area contributed by atoms with E-state index in [2.05, 4.69) is 25.6 Å². The Hall–Kier alpha value is -1.13. The maximum Gasteiger partial charge on any atom is 0.193 e. The summed E-state index contributed by atoms with van der Waals surface area (Å²) < 4.78 is 10.6. The van der Waals surface area contributed by atoms with Crippen LogP contribution in [0.1, 0.15) is 29.5 Å². The molecule has 2 rings (SSSR count). The molecule has 2 aromatic rings. The van der Waals surface area contributed by atoms with E-state index >= 15 is 0 Å². The molecule has 0 radical (unpaired) electrons. The number of hydrogen-bond acceptors (Lipinski definition) is 5. The topological polar surface area (TPSA) is 62.9 Å². The summed E-state index contributed by atoms with van der Waals surface area (Å²) in [6.45, 7) is 3.47. The quantitative estimate of drug-likeness (QED) is 0.387. The SMILES string of the molecule is CN=C(NCCc1ccco1)N(C)Cc1csc(C(C)OC)n1.I. The van der Waals surface area contributed by atoms with Crippen LogP contribution >= 0.6 is 35.3 Å². The summed E-state index contributed by atoms with van der Waals surface area (Å²) >= 11 is 1.62. The van der Waals surface area contributed by atoms with Crippen molar-refractivity contribution in [1.82, 2.24) is 15.2 Å². The highest BCUT2D eigenvalue weighted by Gasteiger charge is 2.12. The maximum absolute atomic E-state index is 5.33. The van der Waals surface area contributed by atoms with Crippen LogP contribution in [0.3, 0.4) is 0 Å². The number of nitrogens with zero attached hydrogens (tertiary/aromatic N) is 3. The number of hydrogen-bond donors (Lipinski definition) is 1. The number of aromatic nitrogens is 1. The van der Waals surface area contributed by atoms with Crippen LogP contribution in [0.25, 0.3) is 0 Å². The van der Waals surface area contributed by atoms with Crippen LogP contribution in [-0.2, 0) is 17.7 Å². The van der Waals surface area contributed by atoms with Crippen molar-refractivity contribution in [3.63, 3.8) is 0 Å². The molecule has 0 saturated heterocycles. The molecule has 8 heteroatoms. The van der Waals surface area contributed by atoms with Gasteiger partial charge in [0.1, 0.15) is 16.9 Å². The Morgan fingerprint density at radius 1 is 1.54 bits per heavy atom. The highest BCUT2D eigenvalue weighted by molar-refractivity contribution is 14.0. The summed E-state index contributed by atoms with van der Waals surface area (Å²) in [5.41, 5.74) is 1.02. The standard InChI is InChI=1S/C16H24N4O2S.HI/c1-12(21-4)15-19-13(11-23-15)10-20(3)16(17-2)18-8-7-14-6-5-9-22-14;/h5-6,9,11-12H,7-8,10H2,1-4H3,(H,17,18);1H. The summed E-state index contributed by atoms with van der Waals surface area (Å²) in [6, 6.07) is 3.87. The molecule has 24 heavy (non-hydrogen) atoms. The number of nitrogens with one attached hydrogen (secondary N) is 1. The molecule has 0 aliphatic rings. The minimum atomic E-state index is 0. The summed E-state index contributed by atoms with van der Waals surface area (Å²) in [5.74, 6) is 1.80. The average molecular weight is 464 g/mol. The lowest BCUT2D eigenvalue weighted by Gasteiger charge is -2.21. The van der Waals surface area contributed by atoms with Crippen LogP contribution in [0, 0.1) is 0 Å². The third-order valence-corrected chi connectivity index (χ3v) is 4.53. The third-order valence-electron chi connectivity index (χ3n) is 3.48. The Kier molecular flexibility index (Phi) is 9.30. The molecule has 0 spiro atoms. The zero-order valence-corrected chi connectivity index (χ0v) is 17.6. The molecular formula is C16H25IN4O2S. The molecule has 6 nitrogen and oxygen atoms in total. The molecule has 1 N–H and O–H groups in total. The second kappa shape index (κ2) is 10.7. The van der Waals surface area contributed by atoms with Crippen molar-refractivity contribution in [2.75, 3.05) is 27.7 Å². The molecule has 0 bridgehead atoms. The fraction of sp³-hybridized carbons (Fsp3) is 0.500. The number of aliphatic imine (C=N–C) groups is 1. The van der Waals surface area contributed by atoms with E-state index in [4.69, 9.17) is 9.15 Å². The van der Waals surface area contributed by atoms with Crippen molar-refractivity contribution in [3.05, 3.63) is 40.2 Å². The lowest BCUT2D eigenvalue weighted by molar-refractivity contribution is 0.119. The predicted octanol–water partition coefficient (Wildman–Crippen LogP) is 3.31. The Bertz CT molecular complexity index is 615. The number of ether oxygens (including phenoxy) is 1. The molecule has 2 aromatic heterocycles. The first-order valence-electron chi connectivity index (χ1n) is 7.55. The molecule has 1 unspecified atom stereocenters. The van der Waals surface area contributed by atoms with Crippen molar-refractivity contribution >= 4 is 41.3 Å². The van der Waals surface area contributed by atoms with Crippen LogP contribution in [0.15, 0.2) is 33.2 Å². The molecule has 0 aromatic carbocycles. The molecule has 0 aliphatic heterocycles. The van der Waals surface area contributed by atoms with Crippen molar-refractivity contribution in [2.45, 2.75) is 26.0 Å². The van der Waals surface area contributed by atoms with Gasteiger partial charge in [0.25, 0.3) is 0 Å². The monoisotopic (exact) mass is 464 g/mol. The molecule has 0 amide bonds. The van der Waals surface area contributed by atoms with Crippen molar-refractivity contribution in [1.29, 1.82) is 0 Å². The first-order chi connectivity index (χ1) is 11.1. The van der Waals surface area contributed by atoms with Gasteiger partial charge in [-0.3, -0.25) is 4.99 Å². The summed E-state index contributed by atoms with van der Waals surface area (Å²) in [5, 5.41) is 6.40. The lowest BCUT2D eigenvalue weighted by atomic mass is 10.3. The van der Waals surface area contributed by atoms with E-state index in [0.717, 1.165) is 35.4 Å². The Morgan fingerprint density at radius 2 is 2.33 bits per heavy atom. The van der Waals surface area contributed by atoms with E-state index in [1.165, 1.54) is 0 Å². The van der Waals surface area contributed by atoms with Crippen LogP contribution in [0.5, 0.6) is 0 Å². The van der Waals surface area contributed by atoms with Gasteiger partial charge in [-0.2, -0.15) is 0 Å². The smallest absolute Gasteiger partial charge is 0.193 e. The van der Waals surface area contributed by atoms with Crippen LogP contribution in [0.4, 0.5) is 0 Å². The number of thiazole rings is 1. The van der Waals surface area contributed by atoms with Gasteiger partial charge in [-0.25, -0.2) is 4.98 Å².